The molecule has 0 aliphatic rings. The van der Waals surface area contributed by atoms with E-state index in [0.717, 1.165) is 25.3 Å². The molecule has 0 amide bonds. The SMILES string of the molecule is C=C/C(C(=O)OC)=C(/COc1cc(-n2c(=O)cc(C(F)(F)F)n(N)c2=O)c(F)cc1Br)OC. The summed E-state index contributed by atoms with van der Waals surface area (Å²) in [4.78, 5) is 36.4. The van der Waals surface area contributed by atoms with Gasteiger partial charge in [0.25, 0.3) is 5.56 Å². The molecule has 14 heteroatoms. The molecule has 0 aliphatic carbocycles. The fourth-order valence-electron chi connectivity index (χ4n) is 2.61. The van der Waals surface area contributed by atoms with Crippen molar-refractivity contribution in [3.05, 3.63) is 79.0 Å². The summed E-state index contributed by atoms with van der Waals surface area (Å²) in [5.74, 6) is 3.10. The van der Waals surface area contributed by atoms with Crippen molar-refractivity contribution in [2.75, 3.05) is 26.7 Å². The Morgan fingerprint density at radius 3 is 2.36 bits per heavy atom. The molecule has 178 valence electrons. The highest BCUT2D eigenvalue weighted by Gasteiger charge is 2.36. The van der Waals surface area contributed by atoms with Gasteiger partial charge in [0.2, 0.25) is 0 Å². The number of hydrogen-bond donors (Lipinski definition) is 1. The number of hydrogen-bond acceptors (Lipinski definition) is 7. The standard InChI is InChI=1S/C19H16BrF4N3O6/c1-4-9(17(29)32-3)14(31-2)8-33-13-6-12(11(21)5-10(13)20)26-16(28)7-15(19(22,23)24)27(25)18(26)30/h4-7H,1,8,25H2,2-3H3/b14-9+. The van der Waals surface area contributed by atoms with Gasteiger partial charge < -0.3 is 20.1 Å². The van der Waals surface area contributed by atoms with Crippen molar-refractivity contribution in [3.8, 4) is 11.4 Å². The molecule has 0 aliphatic heterocycles. The van der Waals surface area contributed by atoms with Crippen LogP contribution >= 0.6 is 15.9 Å². The van der Waals surface area contributed by atoms with Crippen LogP contribution in [0.1, 0.15) is 5.69 Å². The number of carbonyl (C=O) groups excluding carboxylic acids is 1. The van der Waals surface area contributed by atoms with Gasteiger partial charge >= 0.3 is 17.8 Å². The molecule has 0 atom stereocenters. The number of rotatable bonds is 7. The molecule has 2 N–H and O–H groups in total. The maximum atomic E-state index is 14.6. The van der Waals surface area contributed by atoms with E-state index in [4.69, 9.17) is 15.3 Å². The summed E-state index contributed by atoms with van der Waals surface area (Å²) in [5, 5.41) is 0. The van der Waals surface area contributed by atoms with Crippen molar-refractivity contribution in [2.45, 2.75) is 6.18 Å². The molecule has 2 aromatic rings. The number of carbonyl (C=O) groups is 1. The number of nitrogens with two attached hydrogens (primary N) is 1. The van der Waals surface area contributed by atoms with Crippen molar-refractivity contribution >= 4 is 21.9 Å². The summed E-state index contributed by atoms with van der Waals surface area (Å²) >= 11 is 3.03. The highest BCUT2D eigenvalue weighted by Crippen LogP contribution is 2.31. The maximum absolute atomic E-state index is 14.6. The fourth-order valence-corrected chi connectivity index (χ4v) is 3.04. The number of nitrogens with zero attached hydrogens (tertiary/aromatic N) is 2. The molecular weight excluding hydrogens is 522 g/mol. The third-order valence-corrected chi connectivity index (χ3v) is 4.80. The number of esters is 1. The van der Waals surface area contributed by atoms with E-state index in [2.05, 4.69) is 27.2 Å². The van der Waals surface area contributed by atoms with E-state index in [0.29, 0.717) is 0 Å². The Hall–Kier alpha value is -3.55. The molecule has 2 rings (SSSR count). The van der Waals surface area contributed by atoms with Crippen molar-refractivity contribution in [2.24, 2.45) is 0 Å². The number of alkyl halides is 3. The zero-order valence-electron chi connectivity index (χ0n) is 17.0. The first-order valence-corrected chi connectivity index (χ1v) is 9.48. The Balaban J connectivity index is 2.60. The quantitative estimate of drug-likeness (QED) is 0.144. The first-order valence-electron chi connectivity index (χ1n) is 8.68. The third kappa shape index (κ3) is 5.27. The highest BCUT2D eigenvalue weighted by atomic mass is 79.9. The van der Waals surface area contributed by atoms with E-state index in [-0.39, 0.29) is 36.9 Å². The van der Waals surface area contributed by atoms with E-state index in [1.165, 1.54) is 7.11 Å². The highest BCUT2D eigenvalue weighted by molar-refractivity contribution is 9.10. The van der Waals surface area contributed by atoms with Crippen LogP contribution in [0.4, 0.5) is 17.6 Å². The number of benzene rings is 1. The van der Waals surface area contributed by atoms with E-state index >= 15 is 0 Å². The number of ether oxygens (including phenoxy) is 3. The molecule has 33 heavy (non-hydrogen) atoms. The van der Waals surface area contributed by atoms with Crippen molar-refractivity contribution < 1.29 is 36.6 Å². The molecule has 0 bridgehead atoms. The van der Waals surface area contributed by atoms with Crippen molar-refractivity contribution in [1.29, 1.82) is 0 Å². The predicted octanol–water partition coefficient (Wildman–Crippen LogP) is 2.27. The minimum absolute atomic E-state index is 0.0189. The van der Waals surface area contributed by atoms with Gasteiger partial charge in [-0.2, -0.15) is 13.2 Å². The molecule has 0 fully saturated rings. The predicted molar refractivity (Wildman–Crippen MR) is 111 cm³/mol. The first kappa shape index (κ1) is 25.7. The molecule has 9 nitrogen and oxygen atoms in total. The van der Waals surface area contributed by atoms with Gasteiger partial charge in [-0.05, 0) is 22.0 Å². The van der Waals surface area contributed by atoms with Crippen LogP contribution in [0.25, 0.3) is 5.69 Å². The molecule has 1 aromatic heterocycles. The second kappa shape index (κ2) is 9.94. The van der Waals surface area contributed by atoms with Gasteiger partial charge in [0.1, 0.15) is 29.5 Å². The Kier molecular flexibility index (Phi) is 7.74. The number of methoxy groups -OCH3 is 2. The van der Waals surface area contributed by atoms with E-state index in [1.807, 2.05) is 0 Å². The molecule has 0 unspecified atom stereocenters. The van der Waals surface area contributed by atoms with Crippen LogP contribution in [0.5, 0.6) is 5.75 Å². The zero-order valence-corrected chi connectivity index (χ0v) is 18.6. The van der Waals surface area contributed by atoms with Crippen LogP contribution < -0.4 is 21.8 Å². The Morgan fingerprint density at radius 2 is 1.85 bits per heavy atom. The summed E-state index contributed by atoms with van der Waals surface area (Å²) in [7, 11) is 2.37. The second-order valence-electron chi connectivity index (χ2n) is 6.11. The number of halogens is 5. The molecule has 1 heterocycles. The summed E-state index contributed by atoms with van der Waals surface area (Å²) < 4.78 is 68.5. The number of aromatic nitrogens is 2. The lowest BCUT2D eigenvalue weighted by molar-refractivity contribution is -0.143. The van der Waals surface area contributed by atoms with Crippen LogP contribution in [-0.4, -0.2) is 36.0 Å². The van der Waals surface area contributed by atoms with Crippen molar-refractivity contribution in [3.63, 3.8) is 0 Å². The Labute approximate surface area is 191 Å². The average molecular weight is 538 g/mol. The van der Waals surface area contributed by atoms with Gasteiger partial charge in [-0.15, -0.1) is 0 Å². The van der Waals surface area contributed by atoms with Gasteiger partial charge in [-0.1, -0.05) is 12.7 Å². The zero-order chi connectivity index (χ0) is 25.1. The lowest BCUT2D eigenvalue weighted by atomic mass is 10.2. The molecule has 0 saturated heterocycles. The van der Waals surface area contributed by atoms with Crippen LogP contribution in [0.15, 0.2) is 56.2 Å². The van der Waals surface area contributed by atoms with Gasteiger partial charge in [0.15, 0.2) is 5.69 Å². The maximum Gasteiger partial charge on any atom is 0.433 e. The molecular formula is C19H16BrF4N3O6. The summed E-state index contributed by atoms with van der Waals surface area (Å²) in [6.45, 7) is 3.07. The largest absolute Gasteiger partial charge is 0.497 e. The smallest absolute Gasteiger partial charge is 0.433 e. The van der Waals surface area contributed by atoms with Crippen LogP contribution in [0.3, 0.4) is 0 Å². The topological polar surface area (TPSA) is 115 Å². The van der Waals surface area contributed by atoms with Gasteiger partial charge in [-0.25, -0.2) is 23.2 Å². The van der Waals surface area contributed by atoms with Crippen LogP contribution in [0, 0.1) is 5.82 Å². The van der Waals surface area contributed by atoms with Gasteiger partial charge in [0, 0.05) is 12.1 Å². The molecule has 0 saturated carbocycles. The first-order chi connectivity index (χ1) is 15.4. The third-order valence-electron chi connectivity index (χ3n) is 4.19. The number of nitrogen functional groups attached to an aromatic ring is 1. The van der Waals surface area contributed by atoms with Gasteiger partial charge in [0.05, 0.1) is 24.4 Å². The summed E-state index contributed by atoms with van der Waals surface area (Å²) in [5.41, 5.74) is -5.62. The molecule has 1 aromatic carbocycles. The summed E-state index contributed by atoms with van der Waals surface area (Å²) in [6, 6.07) is 1.76. The van der Waals surface area contributed by atoms with E-state index in [1.54, 1.807) is 0 Å². The monoisotopic (exact) mass is 537 g/mol. The minimum Gasteiger partial charge on any atom is -0.497 e. The lowest BCUT2D eigenvalue weighted by Crippen LogP contribution is -2.45. The molecule has 0 spiro atoms. The molecule has 0 radical (unpaired) electrons. The van der Waals surface area contributed by atoms with Gasteiger partial charge in [-0.3, -0.25) is 4.79 Å². The van der Waals surface area contributed by atoms with Crippen molar-refractivity contribution in [1.82, 2.24) is 9.24 Å². The van der Waals surface area contributed by atoms with E-state index in [9.17, 15) is 31.9 Å². The Morgan fingerprint density at radius 1 is 1.21 bits per heavy atom. The second-order valence-corrected chi connectivity index (χ2v) is 6.97. The normalized spacial score (nSPS) is 12.1. The van der Waals surface area contributed by atoms with Crippen LogP contribution in [0.2, 0.25) is 0 Å². The average Bonchev–Trinajstić information content (AvgIpc) is 2.74. The van der Waals surface area contributed by atoms with E-state index < -0.39 is 47.2 Å². The Bertz CT molecular complexity index is 1250. The summed E-state index contributed by atoms with van der Waals surface area (Å²) in [6.07, 6.45) is -3.94. The minimum atomic E-state index is -5.09. The van der Waals surface area contributed by atoms with Crippen LogP contribution in [-0.2, 0) is 20.4 Å². The fraction of sp³-hybridized carbons (Fsp3) is 0.211. The lowest BCUT2D eigenvalue weighted by Gasteiger charge is -2.16.